The average Bonchev–Trinajstić information content (AvgIpc) is 1.65. The topological polar surface area (TPSA) is 57.5 Å². The molecule has 4 heteroatoms. The molecule has 0 aromatic heterocycles. The molecule has 0 amide bonds. The van der Waals surface area contributed by atoms with E-state index in [4.69, 9.17) is 10.2 Å². The Hall–Kier alpha value is -0.458. The molecule has 0 atom stereocenters. The van der Waals surface area contributed by atoms with Crippen LogP contribution in [-0.2, 0) is 4.79 Å². The molecule has 0 unspecified atom stereocenters. The highest BCUT2D eigenvalue weighted by Gasteiger charge is 1.95. The Balaban J connectivity index is 0. The summed E-state index contributed by atoms with van der Waals surface area (Å²) < 4.78 is 0. The molecule has 8 heavy (non-hydrogen) atoms. The second kappa shape index (κ2) is 4.70. The summed E-state index contributed by atoms with van der Waals surface area (Å²) in [6, 6.07) is 0. The molecule has 0 saturated heterocycles. The summed E-state index contributed by atoms with van der Waals surface area (Å²) in [5, 5.41) is 15.9. The number of aliphatic hydroxyl groups is 1. The number of rotatable bonds is 1. The van der Waals surface area contributed by atoms with Gasteiger partial charge in [-0.2, -0.15) is 0 Å². The number of carbonyl (C=O) groups is 1. The van der Waals surface area contributed by atoms with Gasteiger partial charge in [-0.1, -0.05) is 0 Å². The first-order valence-corrected chi connectivity index (χ1v) is 1.72. The van der Waals surface area contributed by atoms with Crippen LogP contribution in [0.1, 0.15) is 6.92 Å². The molecule has 0 heterocycles. The summed E-state index contributed by atoms with van der Waals surface area (Å²) in [7, 11) is 0. The molecule has 2 N–H and O–H groups in total. The Morgan fingerprint density at radius 1 is 1.62 bits per heavy atom. The van der Waals surface area contributed by atoms with E-state index in [1.807, 2.05) is 0 Å². The van der Waals surface area contributed by atoms with E-state index in [9.17, 15) is 4.79 Å². The number of carboxylic acids is 1. The van der Waals surface area contributed by atoms with Crippen LogP contribution >= 0.6 is 0 Å². The zero-order chi connectivity index (χ0) is 5.86. The maximum atomic E-state index is 9.70. The van der Waals surface area contributed by atoms with Gasteiger partial charge in [-0.25, -0.2) is 4.79 Å². The molecule has 0 aromatic rings. The molecule has 0 aromatic carbocycles. The van der Waals surface area contributed by atoms with Crippen LogP contribution in [0.4, 0.5) is 0 Å². The monoisotopic (exact) mass is 132 g/mol. The molecule has 0 bridgehead atoms. The van der Waals surface area contributed by atoms with Crippen LogP contribution in [0, 0.1) is 0 Å². The molecule has 0 aliphatic rings. The van der Waals surface area contributed by atoms with Crippen molar-refractivity contribution in [1.29, 1.82) is 0 Å². The predicted octanol–water partition coefficient (Wildman–Crippen LogP) is -0.651. The highest BCUT2D eigenvalue weighted by molar-refractivity contribution is 5.85. The van der Waals surface area contributed by atoms with Gasteiger partial charge >= 0.3 is 5.97 Å². The zero-order valence-corrected chi connectivity index (χ0v) is 3.88. The third kappa shape index (κ3) is 3.72. The minimum Gasteiger partial charge on any atom is -0.515 e. The van der Waals surface area contributed by atoms with Crippen molar-refractivity contribution in [1.82, 2.24) is 0 Å². The summed E-state index contributed by atoms with van der Waals surface area (Å²) in [6.45, 7) is 1.31. The third-order valence-corrected chi connectivity index (χ3v) is 0.531. The smallest absolute Gasteiger partial charge is 0.334 e. The quantitative estimate of drug-likeness (QED) is 0.283. The van der Waals surface area contributed by atoms with E-state index in [0.29, 0.717) is 6.26 Å². The van der Waals surface area contributed by atoms with Crippen LogP contribution in [0.5, 0.6) is 0 Å². The molecule has 0 aliphatic carbocycles. The summed E-state index contributed by atoms with van der Waals surface area (Å²) >= 11 is 0. The molecule has 46 valence electrons. The number of aliphatic carboxylic acids is 1. The predicted molar refractivity (Wildman–Crippen MR) is 34.0 cm³/mol. The van der Waals surface area contributed by atoms with E-state index in [-0.39, 0.29) is 22.9 Å². The van der Waals surface area contributed by atoms with Crippen LogP contribution in [0.2, 0.25) is 0 Å². The Labute approximate surface area is 57.8 Å². The fraction of sp³-hybridized carbons (Fsp3) is 0.250. The summed E-state index contributed by atoms with van der Waals surface area (Å²) in [4.78, 5) is 9.70. The van der Waals surface area contributed by atoms with E-state index < -0.39 is 5.97 Å². The molecular weight excluding hydrogens is 123 g/mol. The molecule has 0 radical (unpaired) electrons. The lowest BCUT2D eigenvalue weighted by Gasteiger charge is -1.83. The van der Waals surface area contributed by atoms with Crippen molar-refractivity contribution in [3.8, 4) is 0 Å². The van der Waals surface area contributed by atoms with Crippen LogP contribution in [0.15, 0.2) is 11.8 Å². The van der Waals surface area contributed by atoms with Gasteiger partial charge in [0, 0.05) is 0 Å². The first-order chi connectivity index (χ1) is 3.18. The van der Waals surface area contributed by atoms with Gasteiger partial charge in [0.2, 0.25) is 0 Å². The molecule has 0 fully saturated rings. The summed E-state index contributed by atoms with van der Waals surface area (Å²) in [5.74, 6) is -1.09. The number of aliphatic hydroxyl groups excluding tert-OH is 1. The van der Waals surface area contributed by atoms with E-state index in [1.165, 1.54) is 6.92 Å². The van der Waals surface area contributed by atoms with Gasteiger partial charge in [-0.3, -0.25) is 0 Å². The fourth-order valence-electron chi connectivity index (χ4n) is 0.0552. The molecule has 0 aliphatic heterocycles. The summed E-state index contributed by atoms with van der Waals surface area (Å²) in [6.07, 6.45) is 0.558. The molecular formula is C4H9AlO3. The second-order valence-corrected chi connectivity index (χ2v) is 1.12. The maximum absolute atomic E-state index is 9.70. The van der Waals surface area contributed by atoms with Gasteiger partial charge < -0.3 is 10.2 Å². The Morgan fingerprint density at radius 3 is 2.00 bits per heavy atom. The molecule has 0 rings (SSSR count). The van der Waals surface area contributed by atoms with Crippen molar-refractivity contribution < 1.29 is 15.0 Å². The Kier molecular flexibility index (Phi) is 6.17. The van der Waals surface area contributed by atoms with Gasteiger partial charge in [-0.15, -0.1) is 0 Å². The normalized spacial score (nSPS) is 9.88. The molecule has 3 nitrogen and oxygen atoms in total. The second-order valence-electron chi connectivity index (χ2n) is 1.12. The fourth-order valence-corrected chi connectivity index (χ4v) is 0.0552. The van der Waals surface area contributed by atoms with Crippen LogP contribution in [0.3, 0.4) is 0 Å². The van der Waals surface area contributed by atoms with Crippen molar-refractivity contribution in [3.05, 3.63) is 11.8 Å². The van der Waals surface area contributed by atoms with Gasteiger partial charge in [0.05, 0.1) is 11.8 Å². The van der Waals surface area contributed by atoms with E-state index in [1.54, 1.807) is 0 Å². The van der Waals surface area contributed by atoms with E-state index in [0.717, 1.165) is 0 Å². The molecule has 0 spiro atoms. The minimum atomic E-state index is -1.09. The van der Waals surface area contributed by atoms with E-state index >= 15 is 0 Å². The molecule has 0 saturated carbocycles. The van der Waals surface area contributed by atoms with Crippen LogP contribution in [-0.4, -0.2) is 33.5 Å². The SMILES string of the molecule is CC(=CO)C(=O)O.[AlH3]. The van der Waals surface area contributed by atoms with Gasteiger partial charge in [0.15, 0.2) is 17.4 Å². The number of carboxylic acid groups (broad SMARTS) is 1. The van der Waals surface area contributed by atoms with Crippen molar-refractivity contribution in [2.75, 3.05) is 0 Å². The Bertz CT molecular complexity index is 108. The largest absolute Gasteiger partial charge is 0.515 e. The zero-order valence-electron chi connectivity index (χ0n) is 3.88. The summed E-state index contributed by atoms with van der Waals surface area (Å²) in [5.41, 5.74) is -0.0556. The van der Waals surface area contributed by atoms with Crippen molar-refractivity contribution >= 4 is 23.3 Å². The van der Waals surface area contributed by atoms with Gasteiger partial charge in [0.25, 0.3) is 0 Å². The maximum Gasteiger partial charge on any atom is 0.334 e. The van der Waals surface area contributed by atoms with Crippen molar-refractivity contribution in [2.24, 2.45) is 0 Å². The standard InChI is InChI=1S/C4H6O3.Al.3H/c1-3(2-5)4(6)7;;;;/h2,5H,1H3,(H,6,7);;;;. The van der Waals surface area contributed by atoms with Crippen molar-refractivity contribution in [2.45, 2.75) is 6.92 Å². The van der Waals surface area contributed by atoms with Crippen molar-refractivity contribution in [3.63, 3.8) is 0 Å². The van der Waals surface area contributed by atoms with Crippen LogP contribution in [0.25, 0.3) is 0 Å². The first kappa shape index (κ1) is 10.5. The third-order valence-electron chi connectivity index (χ3n) is 0.531. The van der Waals surface area contributed by atoms with E-state index in [2.05, 4.69) is 0 Å². The van der Waals surface area contributed by atoms with Crippen LogP contribution < -0.4 is 0 Å². The lowest BCUT2D eigenvalue weighted by Crippen LogP contribution is -1.94. The number of hydrogen-bond donors (Lipinski definition) is 2. The average molecular weight is 132 g/mol. The van der Waals surface area contributed by atoms with Gasteiger partial charge in [-0.05, 0) is 6.92 Å². The highest BCUT2D eigenvalue weighted by Crippen LogP contribution is 1.86. The minimum absolute atomic E-state index is 0. The number of hydrogen-bond acceptors (Lipinski definition) is 2. The lowest BCUT2D eigenvalue weighted by atomic mass is 10.4. The van der Waals surface area contributed by atoms with Gasteiger partial charge in [0.1, 0.15) is 0 Å². The lowest BCUT2D eigenvalue weighted by molar-refractivity contribution is -0.132. The Morgan fingerprint density at radius 2 is 2.00 bits per heavy atom. The first-order valence-electron chi connectivity index (χ1n) is 1.72. The highest BCUT2D eigenvalue weighted by atomic mass is 27.0.